The van der Waals surface area contributed by atoms with Crippen molar-refractivity contribution < 1.29 is 0 Å². The van der Waals surface area contributed by atoms with Crippen molar-refractivity contribution in [3.05, 3.63) is 36.0 Å². The summed E-state index contributed by atoms with van der Waals surface area (Å²) in [5.74, 6) is 0. The van der Waals surface area contributed by atoms with Crippen molar-refractivity contribution in [1.29, 1.82) is 0 Å². The second-order valence-corrected chi connectivity index (χ2v) is 4.34. The number of rotatable bonds is 5. The molecule has 0 spiro atoms. The maximum absolute atomic E-state index is 3.45. The number of hydrogen-bond donors (Lipinski definition) is 2. The highest BCUT2D eigenvalue weighted by Gasteiger charge is 2.01. The third-order valence-corrected chi connectivity index (χ3v) is 2.73. The fraction of sp³-hybridized carbons (Fsp3) is 0.385. The number of likely N-dealkylation sites (N-methyl/N-ethyl adjacent to an activating group) is 1. The lowest BCUT2D eigenvalue weighted by atomic mass is 10.2. The summed E-state index contributed by atoms with van der Waals surface area (Å²) < 4.78 is 0. The van der Waals surface area contributed by atoms with Crippen LogP contribution in [-0.2, 0) is 6.54 Å². The van der Waals surface area contributed by atoms with Gasteiger partial charge in [-0.05, 0) is 25.7 Å². The molecule has 2 aromatic rings. The van der Waals surface area contributed by atoms with Crippen LogP contribution in [0.4, 0.5) is 0 Å². The first-order valence-electron chi connectivity index (χ1n) is 5.68. The van der Waals surface area contributed by atoms with Crippen molar-refractivity contribution >= 4 is 10.9 Å². The summed E-state index contributed by atoms with van der Waals surface area (Å²) in [5, 5.41) is 4.77. The zero-order chi connectivity index (χ0) is 11.4. The number of para-hydroxylation sites is 1. The Morgan fingerprint density at radius 2 is 2.06 bits per heavy atom. The van der Waals surface area contributed by atoms with Crippen LogP contribution >= 0.6 is 0 Å². The van der Waals surface area contributed by atoms with E-state index in [1.807, 2.05) is 0 Å². The minimum Gasteiger partial charge on any atom is -0.361 e. The van der Waals surface area contributed by atoms with Crippen LogP contribution in [0, 0.1) is 0 Å². The van der Waals surface area contributed by atoms with Crippen molar-refractivity contribution in [3.63, 3.8) is 0 Å². The molecule has 0 saturated heterocycles. The highest BCUT2D eigenvalue weighted by atomic mass is 15.1. The van der Waals surface area contributed by atoms with Crippen LogP contribution in [0.2, 0.25) is 0 Å². The molecule has 0 aliphatic carbocycles. The van der Waals surface area contributed by atoms with E-state index >= 15 is 0 Å². The molecule has 0 saturated carbocycles. The maximum atomic E-state index is 3.45. The molecule has 3 nitrogen and oxygen atoms in total. The molecule has 2 rings (SSSR count). The number of aromatic amines is 1. The molecule has 16 heavy (non-hydrogen) atoms. The lowest BCUT2D eigenvalue weighted by Crippen LogP contribution is -2.26. The lowest BCUT2D eigenvalue weighted by Gasteiger charge is -2.09. The smallest absolute Gasteiger partial charge is 0.0457 e. The van der Waals surface area contributed by atoms with E-state index < -0.39 is 0 Å². The van der Waals surface area contributed by atoms with E-state index in [-0.39, 0.29) is 0 Å². The Hall–Kier alpha value is -1.32. The number of fused-ring (bicyclic) bond motifs is 1. The van der Waals surface area contributed by atoms with Crippen LogP contribution in [0.1, 0.15) is 5.56 Å². The van der Waals surface area contributed by atoms with E-state index in [2.05, 4.69) is 59.8 Å². The quantitative estimate of drug-likeness (QED) is 0.749. The molecule has 0 bridgehead atoms. The fourth-order valence-electron chi connectivity index (χ4n) is 1.80. The van der Waals surface area contributed by atoms with Crippen molar-refractivity contribution in [2.75, 3.05) is 27.2 Å². The maximum Gasteiger partial charge on any atom is 0.0457 e. The van der Waals surface area contributed by atoms with Crippen molar-refractivity contribution in [1.82, 2.24) is 15.2 Å². The molecule has 0 aliphatic rings. The molecule has 1 aromatic heterocycles. The molecule has 3 heteroatoms. The third-order valence-electron chi connectivity index (χ3n) is 2.73. The van der Waals surface area contributed by atoms with Crippen molar-refractivity contribution in [2.45, 2.75) is 6.54 Å². The SMILES string of the molecule is CN(C)CCNCc1c[nH]c2ccccc12. The minimum atomic E-state index is 0.928. The molecular formula is C13H19N3. The van der Waals surface area contributed by atoms with E-state index in [4.69, 9.17) is 0 Å². The average Bonchev–Trinajstić information content (AvgIpc) is 2.68. The summed E-state index contributed by atoms with van der Waals surface area (Å²) in [5.41, 5.74) is 2.56. The van der Waals surface area contributed by atoms with E-state index in [9.17, 15) is 0 Å². The van der Waals surface area contributed by atoms with Gasteiger partial charge in [-0.3, -0.25) is 0 Å². The normalized spacial score (nSPS) is 11.4. The van der Waals surface area contributed by atoms with Gasteiger partial charge in [0.05, 0.1) is 0 Å². The van der Waals surface area contributed by atoms with Gasteiger partial charge >= 0.3 is 0 Å². The second-order valence-electron chi connectivity index (χ2n) is 4.34. The van der Waals surface area contributed by atoms with E-state index in [1.54, 1.807) is 0 Å². The third kappa shape index (κ3) is 2.62. The molecule has 2 N–H and O–H groups in total. The number of aromatic nitrogens is 1. The molecule has 0 fully saturated rings. The van der Waals surface area contributed by atoms with Crippen molar-refractivity contribution in [2.24, 2.45) is 0 Å². The number of nitrogens with one attached hydrogen (secondary N) is 2. The zero-order valence-corrected chi connectivity index (χ0v) is 9.96. The van der Waals surface area contributed by atoms with E-state index in [0.717, 1.165) is 19.6 Å². The minimum absolute atomic E-state index is 0.928. The van der Waals surface area contributed by atoms with Crippen LogP contribution in [-0.4, -0.2) is 37.1 Å². The molecule has 86 valence electrons. The van der Waals surface area contributed by atoms with Gasteiger partial charge in [0.2, 0.25) is 0 Å². The van der Waals surface area contributed by atoms with Crippen LogP contribution in [0.25, 0.3) is 10.9 Å². The highest BCUT2D eigenvalue weighted by molar-refractivity contribution is 5.82. The lowest BCUT2D eigenvalue weighted by molar-refractivity contribution is 0.400. The molecule has 0 unspecified atom stereocenters. The number of benzene rings is 1. The fourth-order valence-corrected chi connectivity index (χ4v) is 1.80. The van der Waals surface area contributed by atoms with E-state index in [0.29, 0.717) is 0 Å². The Kier molecular flexibility index (Phi) is 3.59. The Morgan fingerprint density at radius 3 is 2.88 bits per heavy atom. The Bertz CT molecular complexity index is 445. The van der Waals surface area contributed by atoms with Crippen LogP contribution in [0.5, 0.6) is 0 Å². The number of hydrogen-bond acceptors (Lipinski definition) is 2. The second kappa shape index (κ2) is 5.14. The van der Waals surface area contributed by atoms with Gasteiger partial charge < -0.3 is 15.2 Å². The van der Waals surface area contributed by atoms with Gasteiger partial charge in [0, 0.05) is 36.7 Å². The van der Waals surface area contributed by atoms with Crippen molar-refractivity contribution in [3.8, 4) is 0 Å². The first-order chi connectivity index (χ1) is 7.77. The summed E-state index contributed by atoms with van der Waals surface area (Å²) >= 11 is 0. The van der Waals surface area contributed by atoms with Gasteiger partial charge in [-0.1, -0.05) is 18.2 Å². The summed E-state index contributed by atoms with van der Waals surface area (Å²) in [6, 6.07) is 8.41. The van der Waals surface area contributed by atoms with Crippen LogP contribution in [0.15, 0.2) is 30.5 Å². The van der Waals surface area contributed by atoms with E-state index in [1.165, 1.54) is 16.5 Å². The summed E-state index contributed by atoms with van der Waals surface area (Å²) in [7, 11) is 4.18. The largest absolute Gasteiger partial charge is 0.361 e. The predicted molar refractivity (Wildman–Crippen MR) is 68.6 cm³/mol. The Balaban J connectivity index is 1.94. The predicted octanol–water partition coefficient (Wildman–Crippen LogP) is 1.82. The average molecular weight is 217 g/mol. The van der Waals surface area contributed by atoms with Gasteiger partial charge in [-0.25, -0.2) is 0 Å². The highest BCUT2D eigenvalue weighted by Crippen LogP contribution is 2.16. The molecule has 0 aliphatic heterocycles. The molecular weight excluding hydrogens is 198 g/mol. The molecule has 0 atom stereocenters. The Labute approximate surface area is 96.5 Å². The molecule has 1 aromatic carbocycles. The number of H-pyrrole nitrogens is 1. The standard InChI is InChI=1S/C13H19N3/c1-16(2)8-7-14-9-11-10-15-13-6-4-3-5-12(11)13/h3-6,10,14-15H,7-9H2,1-2H3. The van der Waals surface area contributed by atoms with Gasteiger partial charge in [-0.15, -0.1) is 0 Å². The molecule has 1 heterocycles. The first kappa shape index (κ1) is 11.2. The summed E-state index contributed by atoms with van der Waals surface area (Å²) in [4.78, 5) is 5.47. The Morgan fingerprint density at radius 1 is 1.25 bits per heavy atom. The monoisotopic (exact) mass is 217 g/mol. The zero-order valence-electron chi connectivity index (χ0n) is 9.96. The number of nitrogens with zero attached hydrogens (tertiary/aromatic N) is 1. The molecule has 0 radical (unpaired) electrons. The van der Waals surface area contributed by atoms with Crippen LogP contribution < -0.4 is 5.32 Å². The summed E-state index contributed by atoms with van der Waals surface area (Å²) in [6.45, 7) is 3.02. The van der Waals surface area contributed by atoms with Gasteiger partial charge in [0.25, 0.3) is 0 Å². The van der Waals surface area contributed by atoms with Gasteiger partial charge in [-0.2, -0.15) is 0 Å². The first-order valence-corrected chi connectivity index (χ1v) is 5.68. The topological polar surface area (TPSA) is 31.1 Å². The van der Waals surface area contributed by atoms with Gasteiger partial charge in [0.1, 0.15) is 0 Å². The summed E-state index contributed by atoms with van der Waals surface area (Å²) in [6.07, 6.45) is 2.09. The molecule has 0 amide bonds. The van der Waals surface area contributed by atoms with Crippen LogP contribution in [0.3, 0.4) is 0 Å². The van der Waals surface area contributed by atoms with Gasteiger partial charge in [0.15, 0.2) is 0 Å².